The number of anilines is 1. The lowest BCUT2D eigenvalue weighted by Crippen LogP contribution is -2.40. The first-order chi connectivity index (χ1) is 17.4. The molecule has 0 bridgehead atoms. The fourth-order valence-electron chi connectivity index (χ4n) is 3.79. The maximum absolute atomic E-state index is 13.2. The maximum Gasteiger partial charge on any atom is 0.254 e. The molecule has 3 aromatic carbocycles. The van der Waals surface area contributed by atoms with Crippen molar-refractivity contribution in [3.05, 3.63) is 102 Å². The Morgan fingerprint density at radius 3 is 2.19 bits per heavy atom. The second kappa shape index (κ2) is 11.5. The summed E-state index contributed by atoms with van der Waals surface area (Å²) in [6.45, 7) is 4.47. The van der Waals surface area contributed by atoms with E-state index in [4.69, 9.17) is 9.72 Å². The molecule has 0 radical (unpaired) electrons. The van der Waals surface area contributed by atoms with Crippen LogP contribution in [0.1, 0.15) is 21.5 Å². The first-order valence-electron chi connectivity index (χ1n) is 11.8. The molecule has 0 saturated heterocycles. The zero-order valence-corrected chi connectivity index (χ0v) is 20.8. The number of nitrogens with zero attached hydrogens (tertiary/aromatic N) is 3. The highest BCUT2D eigenvalue weighted by Crippen LogP contribution is 2.24. The lowest BCUT2D eigenvalue weighted by Gasteiger charge is -2.22. The molecule has 184 valence electrons. The average Bonchev–Trinajstić information content (AvgIpc) is 3.31. The summed E-state index contributed by atoms with van der Waals surface area (Å²) < 4.78 is 7.02. The highest BCUT2D eigenvalue weighted by molar-refractivity contribution is 5.99. The Bertz CT molecular complexity index is 1310. The molecule has 0 fully saturated rings. The van der Waals surface area contributed by atoms with Gasteiger partial charge in [0, 0.05) is 36.7 Å². The van der Waals surface area contributed by atoms with Gasteiger partial charge in [0.15, 0.2) is 0 Å². The van der Waals surface area contributed by atoms with Gasteiger partial charge in [-0.3, -0.25) is 19.5 Å². The summed E-state index contributed by atoms with van der Waals surface area (Å²) >= 11 is 0. The molecule has 0 aliphatic heterocycles. The van der Waals surface area contributed by atoms with E-state index >= 15 is 0 Å². The number of nitrogens with one attached hydrogen (secondary N) is 1. The van der Waals surface area contributed by atoms with E-state index in [2.05, 4.69) is 5.32 Å². The van der Waals surface area contributed by atoms with Crippen LogP contribution in [0.5, 0.6) is 0 Å². The lowest BCUT2D eigenvalue weighted by molar-refractivity contribution is -0.117. The molecule has 0 saturated carbocycles. The van der Waals surface area contributed by atoms with Gasteiger partial charge in [-0.15, -0.1) is 0 Å². The fourth-order valence-corrected chi connectivity index (χ4v) is 3.79. The van der Waals surface area contributed by atoms with E-state index in [1.54, 1.807) is 19.2 Å². The summed E-state index contributed by atoms with van der Waals surface area (Å²) in [5, 5.41) is 2.91. The van der Waals surface area contributed by atoms with Crippen LogP contribution < -0.4 is 5.32 Å². The first-order valence-corrected chi connectivity index (χ1v) is 11.8. The number of benzene rings is 3. The number of carbonyl (C=O) groups is 2. The number of hydrogen-bond acceptors (Lipinski definition) is 4. The van der Waals surface area contributed by atoms with Gasteiger partial charge in [-0.25, -0.2) is 4.98 Å². The van der Waals surface area contributed by atoms with Crippen molar-refractivity contribution in [1.82, 2.24) is 14.5 Å². The van der Waals surface area contributed by atoms with Crippen molar-refractivity contribution in [2.24, 2.45) is 0 Å². The minimum absolute atomic E-state index is 0.127. The van der Waals surface area contributed by atoms with Crippen LogP contribution >= 0.6 is 0 Å². The van der Waals surface area contributed by atoms with Crippen molar-refractivity contribution in [3.63, 3.8) is 0 Å². The van der Waals surface area contributed by atoms with Gasteiger partial charge < -0.3 is 9.64 Å². The molecule has 0 aliphatic carbocycles. The van der Waals surface area contributed by atoms with E-state index in [1.807, 2.05) is 91.3 Å². The largest absolute Gasteiger partial charge is 0.383 e. The predicted molar refractivity (Wildman–Crippen MR) is 141 cm³/mol. The van der Waals surface area contributed by atoms with E-state index in [1.165, 1.54) is 4.90 Å². The Labute approximate surface area is 211 Å². The molecule has 1 heterocycles. The molecule has 4 rings (SSSR count). The minimum atomic E-state index is -0.342. The highest BCUT2D eigenvalue weighted by atomic mass is 16.5. The third-order valence-corrected chi connectivity index (χ3v) is 5.82. The second-order valence-electron chi connectivity index (χ2n) is 8.66. The molecule has 0 unspecified atom stereocenters. The van der Waals surface area contributed by atoms with Gasteiger partial charge in [-0.1, -0.05) is 65.7 Å². The van der Waals surface area contributed by atoms with Gasteiger partial charge in [0.25, 0.3) is 5.91 Å². The topological polar surface area (TPSA) is 76.5 Å². The zero-order chi connectivity index (χ0) is 25.5. The molecule has 1 N–H and O–H groups in total. The van der Waals surface area contributed by atoms with Crippen molar-refractivity contribution >= 4 is 17.8 Å². The van der Waals surface area contributed by atoms with E-state index in [9.17, 15) is 9.59 Å². The number of methoxy groups -OCH3 is 1. The number of hydrogen-bond donors (Lipinski definition) is 1. The SMILES string of the molecule is COCCN(CC(=O)Nc1nc(-c2ccccc2)cn1-c1ccc(C)cc1)C(=O)c1ccc(C)cc1. The summed E-state index contributed by atoms with van der Waals surface area (Å²) in [6, 6.07) is 25.1. The predicted octanol–water partition coefficient (Wildman–Crippen LogP) is 4.88. The fraction of sp³-hybridized carbons (Fsp3) is 0.207. The van der Waals surface area contributed by atoms with E-state index in [0.717, 1.165) is 28.1 Å². The Balaban J connectivity index is 1.59. The Hall–Kier alpha value is -4.23. The normalized spacial score (nSPS) is 10.8. The van der Waals surface area contributed by atoms with Crippen LogP contribution in [0, 0.1) is 13.8 Å². The molecule has 0 atom stereocenters. The monoisotopic (exact) mass is 482 g/mol. The quantitative estimate of drug-likeness (QED) is 0.369. The molecule has 7 heteroatoms. The van der Waals surface area contributed by atoms with Crippen molar-refractivity contribution < 1.29 is 14.3 Å². The Morgan fingerprint density at radius 1 is 0.917 bits per heavy atom. The molecule has 4 aromatic rings. The highest BCUT2D eigenvalue weighted by Gasteiger charge is 2.21. The number of ether oxygens (including phenoxy) is 1. The van der Waals surface area contributed by atoms with E-state index in [-0.39, 0.29) is 24.9 Å². The smallest absolute Gasteiger partial charge is 0.254 e. The molecule has 0 aliphatic rings. The number of aromatic nitrogens is 2. The van der Waals surface area contributed by atoms with Crippen LogP contribution in [0.25, 0.3) is 16.9 Å². The van der Waals surface area contributed by atoms with Crippen LogP contribution in [0.3, 0.4) is 0 Å². The molecule has 1 aromatic heterocycles. The van der Waals surface area contributed by atoms with Crippen molar-refractivity contribution in [2.75, 3.05) is 32.1 Å². The molecule has 0 spiro atoms. The summed E-state index contributed by atoms with van der Waals surface area (Å²) in [5.41, 5.74) is 5.27. The van der Waals surface area contributed by atoms with Crippen LogP contribution in [-0.4, -0.2) is 53.1 Å². The van der Waals surface area contributed by atoms with Crippen LogP contribution in [0.2, 0.25) is 0 Å². The van der Waals surface area contributed by atoms with Gasteiger partial charge in [-0.2, -0.15) is 0 Å². The summed E-state index contributed by atoms with van der Waals surface area (Å²) in [6.07, 6.45) is 1.90. The van der Waals surface area contributed by atoms with Crippen molar-refractivity contribution in [1.29, 1.82) is 0 Å². The number of amides is 2. The number of imidazole rings is 1. The van der Waals surface area contributed by atoms with Crippen LogP contribution in [-0.2, 0) is 9.53 Å². The van der Waals surface area contributed by atoms with E-state index in [0.29, 0.717) is 18.1 Å². The average molecular weight is 483 g/mol. The molecule has 36 heavy (non-hydrogen) atoms. The second-order valence-corrected chi connectivity index (χ2v) is 8.66. The third-order valence-electron chi connectivity index (χ3n) is 5.82. The van der Waals surface area contributed by atoms with Gasteiger partial charge in [0.05, 0.1) is 12.3 Å². The molecular formula is C29H30N4O3. The number of carbonyl (C=O) groups excluding carboxylic acids is 2. The Kier molecular flexibility index (Phi) is 7.92. The minimum Gasteiger partial charge on any atom is -0.383 e. The summed E-state index contributed by atoms with van der Waals surface area (Å²) in [4.78, 5) is 32.5. The van der Waals surface area contributed by atoms with Crippen LogP contribution in [0.4, 0.5) is 5.95 Å². The van der Waals surface area contributed by atoms with E-state index < -0.39 is 0 Å². The van der Waals surface area contributed by atoms with Gasteiger partial charge in [0.2, 0.25) is 11.9 Å². The maximum atomic E-state index is 13.2. The lowest BCUT2D eigenvalue weighted by atomic mass is 10.1. The standard InChI is InChI=1S/C29H30N4O3/c1-21-9-13-24(14-10-21)28(35)32(17-18-36-3)20-27(34)31-29-30-26(23-7-5-4-6-8-23)19-33(29)25-15-11-22(2)12-16-25/h4-16,19H,17-18,20H2,1-3H3,(H,30,31,34). The third kappa shape index (κ3) is 6.06. The zero-order valence-electron chi connectivity index (χ0n) is 20.8. The molecule has 2 amide bonds. The number of rotatable bonds is 9. The summed E-state index contributed by atoms with van der Waals surface area (Å²) in [7, 11) is 1.57. The van der Waals surface area contributed by atoms with Crippen molar-refractivity contribution in [2.45, 2.75) is 13.8 Å². The molecule has 7 nitrogen and oxygen atoms in total. The first kappa shape index (κ1) is 24.9. The van der Waals surface area contributed by atoms with Crippen LogP contribution in [0.15, 0.2) is 85.1 Å². The van der Waals surface area contributed by atoms with Crippen molar-refractivity contribution in [3.8, 4) is 16.9 Å². The van der Waals surface area contributed by atoms with Gasteiger partial charge in [-0.05, 0) is 38.1 Å². The van der Waals surface area contributed by atoms with Gasteiger partial charge >= 0.3 is 0 Å². The molecular weight excluding hydrogens is 452 g/mol. The Morgan fingerprint density at radius 2 is 1.56 bits per heavy atom. The number of aryl methyl sites for hydroxylation is 2. The van der Waals surface area contributed by atoms with Gasteiger partial charge in [0.1, 0.15) is 6.54 Å². The summed E-state index contributed by atoms with van der Waals surface area (Å²) in [5.74, 6) is -0.184.